The Labute approximate surface area is 164 Å². The number of rotatable bonds is 5. The molecule has 1 saturated heterocycles. The molecule has 5 nitrogen and oxygen atoms in total. The van der Waals surface area contributed by atoms with Crippen molar-refractivity contribution in [1.82, 2.24) is 5.32 Å². The average molecular weight is 377 g/mol. The number of nitrogens with one attached hydrogen (secondary N) is 1. The number of benzene rings is 2. The Bertz CT molecular complexity index is 893. The van der Waals surface area contributed by atoms with E-state index >= 15 is 0 Å². The molecule has 2 N–H and O–H groups in total. The van der Waals surface area contributed by atoms with E-state index in [1.165, 1.54) is 0 Å². The van der Waals surface area contributed by atoms with Crippen molar-refractivity contribution in [3.63, 3.8) is 0 Å². The molecule has 0 spiro atoms. The van der Waals surface area contributed by atoms with E-state index in [4.69, 9.17) is 4.74 Å². The molecule has 2 aromatic rings. The van der Waals surface area contributed by atoms with Gasteiger partial charge in [-0.1, -0.05) is 48.5 Å². The molecule has 1 amide bonds. The summed E-state index contributed by atoms with van der Waals surface area (Å²) in [6, 6.07) is 17.2. The van der Waals surface area contributed by atoms with Crippen LogP contribution in [0.25, 0.3) is 11.1 Å². The molecule has 2 aliphatic rings. The number of carbonyl (C=O) groups is 2. The van der Waals surface area contributed by atoms with Gasteiger partial charge in [0.15, 0.2) is 0 Å². The summed E-state index contributed by atoms with van der Waals surface area (Å²) in [4.78, 5) is 24.5. The molecule has 2 fully saturated rings. The minimum absolute atomic E-state index is 0.0513. The Hall–Kier alpha value is -2.92. The quantitative estimate of drug-likeness (QED) is 0.621. The van der Waals surface area contributed by atoms with Gasteiger partial charge in [0, 0.05) is 31.3 Å². The number of carbonyl (C=O) groups excluding carboxylic acids is 2. The maximum atomic E-state index is 12.7. The molecule has 4 unspecified atom stereocenters. The van der Waals surface area contributed by atoms with Gasteiger partial charge in [-0.05, 0) is 23.3 Å². The Balaban J connectivity index is 1.49. The summed E-state index contributed by atoms with van der Waals surface area (Å²) in [5, 5.41) is 12.8. The summed E-state index contributed by atoms with van der Waals surface area (Å²) >= 11 is 0. The molecular formula is C23H23NO4. The molecule has 4 atom stereocenters. The number of fused-ring (bicyclic) bond motifs is 1. The molecule has 0 bridgehead atoms. The van der Waals surface area contributed by atoms with E-state index in [1.54, 1.807) is 18.2 Å². The van der Waals surface area contributed by atoms with Crippen molar-refractivity contribution in [2.24, 2.45) is 11.8 Å². The SMILES string of the molecule is C=CC12CC(OC(=O)c3ccc(-c4ccccc4)cc3)C(CO)C1CC(=O)N2. The first-order chi connectivity index (χ1) is 13.6. The second-order valence-electron chi connectivity index (χ2n) is 7.54. The van der Waals surface area contributed by atoms with E-state index < -0.39 is 17.6 Å². The average Bonchev–Trinajstić information content (AvgIpc) is 3.19. The van der Waals surface area contributed by atoms with Gasteiger partial charge in [-0.3, -0.25) is 4.79 Å². The van der Waals surface area contributed by atoms with Gasteiger partial charge in [0.2, 0.25) is 5.91 Å². The smallest absolute Gasteiger partial charge is 0.338 e. The predicted octanol–water partition coefficient (Wildman–Crippen LogP) is 2.95. The zero-order valence-corrected chi connectivity index (χ0v) is 15.5. The largest absolute Gasteiger partial charge is 0.458 e. The Kier molecular flexibility index (Phi) is 4.77. The number of esters is 1. The first-order valence-corrected chi connectivity index (χ1v) is 9.48. The summed E-state index contributed by atoms with van der Waals surface area (Å²) in [7, 11) is 0. The number of hydrogen-bond donors (Lipinski definition) is 2. The zero-order chi connectivity index (χ0) is 19.7. The third-order valence-corrected chi connectivity index (χ3v) is 6.03. The van der Waals surface area contributed by atoms with Crippen molar-refractivity contribution in [1.29, 1.82) is 0 Å². The predicted molar refractivity (Wildman–Crippen MR) is 105 cm³/mol. The monoisotopic (exact) mass is 377 g/mol. The van der Waals surface area contributed by atoms with Gasteiger partial charge < -0.3 is 15.2 Å². The van der Waals surface area contributed by atoms with Crippen LogP contribution in [0.1, 0.15) is 23.2 Å². The molecule has 1 heterocycles. The van der Waals surface area contributed by atoms with Crippen LogP contribution >= 0.6 is 0 Å². The van der Waals surface area contributed by atoms with Crippen molar-refractivity contribution in [2.75, 3.05) is 6.61 Å². The second-order valence-corrected chi connectivity index (χ2v) is 7.54. The summed E-state index contributed by atoms with van der Waals surface area (Å²) in [6.45, 7) is 3.71. The third-order valence-electron chi connectivity index (χ3n) is 6.03. The first kappa shape index (κ1) is 18.4. The van der Waals surface area contributed by atoms with E-state index in [2.05, 4.69) is 11.9 Å². The highest BCUT2D eigenvalue weighted by molar-refractivity contribution is 5.90. The van der Waals surface area contributed by atoms with Crippen LogP contribution in [0.15, 0.2) is 67.3 Å². The van der Waals surface area contributed by atoms with Crippen molar-refractivity contribution < 1.29 is 19.4 Å². The molecular weight excluding hydrogens is 354 g/mol. The Morgan fingerprint density at radius 3 is 2.50 bits per heavy atom. The van der Waals surface area contributed by atoms with Crippen LogP contribution in [0.3, 0.4) is 0 Å². The molecule has 1 aliphatic heterocycles. The van der Waals surface area contributed by atoms with E-state index in [-0.39, 0.29) is 24.3 Å². The maximum absolute atomic E-state index is 12.7. The topological polar surface area (TPSA) is 75.6 Å². The molecule has 28 heavy (non-hydrogen) atoms. The minimum atomic E-state index is -0.605. The first-order valence-electron chi connectivity index (χ1n) is 9.48. The molecule has 4 rings (SSSR count). The molecule has 144 valence electrons. The van der Waals surface area contributed by atoms with Crippen molar-refractivity contribution in [3.05, 3.63) is 72.8 Å². The summed E-state index contributed by atoms with van der Waals surface area (Å²) in [5.74, 6) is -0.872. The number of ether oxygens (including phenoxy) is 1. The molecule has 0 aromatic heterocycles. The van der Waals surface area contributed by atoms with Gasteiger partial charge in [0.1, 0.15) is 6.10 Å². The van der Waals surface area contributed by atoms with Gasteiger partial charge in [0.25, 0.3) is 0 Å². The van der Waals surface area contributed by atoms with Crippen molar-refractivity contribution in [3.8, 4) is 11.1 Å². The van der Waals surface area contributed by atoms with E-state index in [9.17, 15) is 14.7 Å². The molecule has 1 saturated carbocycles. The van der Waals surface area contributed by atoms with E-state index in [0.29, 0.717) is 18.4 Å². The number of aliphatic hydroxyl groups is 1. The number of amides is 1. The van der Waals surface area contributed by atoms with Crippen LogP contribution in [0.2, 0.25) is 0 Å². The van der Waals surface area contributed by atoms with Crippen LogP contribution in [0.4, 0.5) is 0 Å². The minimum Gasteiger partial charge on any atom is -0.458 e. The fraction of sp³-hybridized carbons (Fsp3) is 0.304. The lowest BCUT2D eigenvalue weighted by molar-refractivity contribution is -0.120. The van der Waals surface area contributed by atoms with Crippen molar-refractivity contribution >= 4 is 11.9 Å². The normalized spacial score (nSPS) is 28.5. The van der Waals surface area contributed by atoms with Crippen LogP contribution in [-0.4, -0.2) is 35.2 Å². The number of aliphatic hydroxyl groups excluding tert-OH is 1. The lowest BCUT2D eigenvalue weighted by atomic mass is 9.84. The van der Waals surface area contributed by atoms with Gasteiger partial charge in [-0.15, -0.1) is 6.58 Å². The standard InChI is InChI=1S/C23H23NO4/c1-2-23-13-20(18(14-25)19(23)12-21(26)24-23)28-22(27)17-10-8-16(9-11-17)15-6-4-3-5-7-15/h2-11,18-20,25H,1,12-14H2,(H,24,26). The molecule has 0 radical (unpaired) electrons. The second kappa shape index (κ2) is 7.24. The molecule has 1 aliphatic carbocycles. The molecule has 2 aromatic carbocycles. The Morgan fingerprint density at radius 1 is 1.18 bits per heavy atom. The summed E-state index contributed by atoms with van der Waals surface area (Å²) in [6.07, 6.45) is 2.01. The van der Waals surface area contributed by atoms with Crippen LogP contribution < -0.4 is 5.32 Å². The summed E-state index contributed by atoms with van der Waals surface area (Å²) < 4.78 is 5.75. The Morgan fingerprint density at radius 2 is 1.86 bits per heavy atom. The highest BCUT2D eigenvalue weighted by Gasteiger charge is 2.57. The van der Waals surface area contributed by atoms with Gasteiger partial charge in [-0.25, -0.2) is 4.79 Å². The lowest BCUT2D eigenvalue weighted by Crippen LogP contribution is -2.41. The van der Waals surface area contributed by atoms with Crippen LogP contribution in [0.5, 0.6) is 0 Å². The van der Waals surface area contributed by atoms with Gasteiger partial charge in [-0.2, -0.15) is 0 Å². The van der Waals surface area contributed by atoms with E-state index in [0.717, 1.165) is 11.1 Å². The zero-order valence-electron chi connectivity index (χ0n) is 15.5. The fourth-order valence-corrected chi connectivity index (χ4v) is 4.56. The number of hydrogen-bond acceptors (Lipinski definition) is 4. The fourth-order valence-electron chi connectivity index (χ4n) is 4.56. The third kappa shape index (κ3) is 3.12. The molecule has 5 heteroatoms. The van der Waals surface area contributed by atoms with Crippen LogP contribution in [-0.2, 0) is 9.53 Å². The lowest BCUT2D eigenvalue weighted by Gasteiger charge is -2.25. The highest BCUT2D eigenvalue weighted by Crippen LogP contribution is 2.47. The van der Waals surface area contributed by atoms with Gasteiger partial charge >= 0.3 is 5.97 Å². The van der Waals surface area contributed by atoms with Gasteiger partial charge in [0.05, 0.1) is 11.1 Å². The summed E-state index contributed by atoms with van der Waals surface area (Å²) in [5.41, 5.74) is 1.96. The van der Waals surface area contributed by atoms with Crippen LogP contribution in [0, 0.1) is 11.8 Å². The maximum Gasteiger partial charge on any atom is 0.338 e. The highest BCUT2D eigenvalue weighted by atomic mass is 16.5. The van der Waals surface area contributed by atoms with Crippen molar-refractivity contribution in [2.45, 2.75) is 24.5 Å². The van der Waals surface area contributed by atoms with E-state index in [1.807, 2.05) is 42.5 Å².